The summed E-state index contributed by atoms with van der Waals surface area (Å²) in [5.41, 5.74) is 1.42. The Bertz CT molecular complexity index is 713. The molecule has 0 radical (unpaired) electrons. The summed E-state index contributed by atoms with van der Waals surface area (Å²) in [6, 6.07) is 7.46. The van der Waals surface area contributed by atoms with Gasteiger partial charge in [0.15, 0.2) is 0 Å². The van der Waals surface area contributed by atoms with E-state index in [1.54, 1.807) is 12.5 Å². The maximum absolute atomic E-state index is 12.5. The Morgan fingerprint density at radius 1 is 1.30 bits per heavy atom. The summed E-state index contributed by atoms with van der Waals surface area (Å²) < 4.78 is 5.39. The zero-order chi connectivity index (χ0) is 17.7. The molecule has 0 bridgehead atoms. The van der Waals surface area contributed by atoms with Crippen molar-refractivity contribution in [3.63, 3.8) is 0 Å². The van der Waals surface area contributed by atoms with Gasteiger partial charge in [-0.2, -0.15) is 0 Å². The summed E-state index contributed by atoms with van der Waals surface area (Å²) in [6.07, 6.45) is 1.99. The van der Waals surface area contributed by atoms with Crippen molar-refractivity contribution in [2.45, 2.75) is 12.8 Å². The minimum Gasteiger partial charge on any atom is -0.384 e. The van der Waals surface area contributed by atoms with Crippen LogP contribution in [0.2, 0.25) is 5.02 Å². The number of methoxy groups -OCH3 is 1. The van der Waals surface area contributed by atoms with E-state index in [2.05, 4.69) is 15.6 Å². The Labute approximate surface area is 181 Å². The van der Waals surface area contributed by atoms with Crippen LogP contribution < -0.4 is 10.6 Å². The molecule has 0 saturated carbocycles. The summed E-state index contributed by atoms with van der Waals surface area (Å²) in [4.78, 5) is 17.0. The second kappa shape index (κ2) is 11.2. The number of nitrogens with one attached hydrogen (secondary N) is 2. The van der Waals surface area contributed by atoms with Crippen LogP contribution in [0, 0.1) is 5.41 Å². The number of thiazole rings is 1. The average molecular weight is 453 g/mol. The largest absolute Gasteiger partial charge is 0.384 e. The van der Waals surface area contributed by atoms with Crippen LogP contribution >= 0.6 is 47.8 Å². The number of aromatic nitrogens is 1. The predicted octanol–water partition coefficient (Wildman–Crippen LogP) is 4.05. The fraction of sp³-hybridized carbons (Fsp3) is 0.444. The molecule has 0 atom stereocenters. The first-order valence-corrected chi connectivity index (χ1v) is 9.57. The van der Waals surface area contributed by atoms with Gasteiger partial charge in [0.25, 0.3) is 5.91 Å². The number of carbonyl (C=O) groups excluding carboxylic acids is 1. The lowest BCUT2D eigenvalue weighted by molar-refractivity contribution is 0.0511. The molecule has 1 fully saturated rings. The molecule has 1 aromatic carbocycles. The second-order valence-electron chi connectivity index (χ2n) is 6.41. The SMILES string of the molecule is COCC1(CNC(=O)c2csc(-c3ccc(Cl)cc3)n2)CCNCC1.Cl.Cl. The molecule has 9 heteroatoms. The maximum Gasteiger partial charge on any atom is 0.270 e. The standard InChI is InChI=1S/C18H22ClN3O2S.2ClH/c1-24-12-18(6-8-20-9-7-18)11-21-16(23)15-10-25-17(22-15)13-2-4-14(19)5-3-13;;/h2-5,10,20H,6-9,11-12H2,1H3,(H,21,23);2*1H. The first-order valence-electron chi connectivity index (χ1n) is 8.31. The summed E-state index contributed by atoms with van der Waals surface area (Å²) in [7, 11) is 1.71. The van der Waals surface area contributed by atoms with Gasteiger partial charge in [0.2, 0.25) is 0 Å². The number of nitrogens with zero attached hydrogens (tertiary/aromatic N) is 1. The van der Waals surface area contributed by atoms with Crippen molar-refractivity contribution in [2.75, 3.05) is 33.4 Å². The molecule has 27 heavy (non-hydrogen) atoms. The van der Waals surface area contributed by atoms with E-state index in [1.165, 1.54) is 11.3 Å². The zero-order valence-corrected chi connectivity index (χ0v) is 18.2. The fourth-order valence-electron chi connectivity index (χ4n) is 3.10. The highest BCUT2D eigenvalue weighted by atomic mass is 35.5. The number of benzene rings is 1. The Hall–Kier alpha value is -0.890. The van der Waals surface area contributed by atoms with Gasteiger partial charge in [-0.3, -0.25) is 4.79 Å². The van der Waals surface area contributed by atoms with Crippen LogP contribution in [-0.4, -0.2) is 44.2 Å². The lowest BCUT2D eigenvalue weighted by atomic mass is 9.79. The molecule has 0 unspecified atom stereocenters. The molecule has 1 amide bonds. The smallest absolute Gasteiger partial charge is 0.270 e. The van der Waals surface area contributed by atoms with Gasteiger partial charge in [-0.25, -0.2) is 4.98 Å². The number of hydrogen-bond donors (Lipinski definition) is 2. The highest BCUT2D eigenvalue weighted by Gasteiger charge is 2.32. The maximum atomic E-state index is 12.5. The number of rotatable bonds is 6. The highest BCUT2D eigenvalue weighted by molar-refractivity contribution is 7.13. The van der Waals surface area contributed by atoms with Gasteiger partial charge in [0, 0.05) is 35.0 Å². The van der Waals surface area contributed by atoms with Gasteiger partial charge in [0.1, 0.15) is 10.7 Å². The molecule has 5 nitrogen and oxygen atoms in total. The third-order valence-electron chi connectivity index (χ3n) is 4.57. The van der Waals surface area contributed by atoms with Crippen molar-refractivity contribution in [2.24, 2.45) is 5.41 Å². The number of carbonyl (C=O) groups is 1. The summed E-state index contributed by atoms with van der Waals surface area (Å²) in [5.74, 6) is -0.134. The monoisotopic (exact) mass is 451 g/mol. The average Bonchev–Trinajstić information content (AvgIpc) is 3.12. The van der Waals surface area contributed by atoms with E-state index in [-0.39, 0.29) is 36.1 Å². The molecule has 0 spiro atoms. The first kappa shape index (κ1) is 24.1. The highest BCUT2D eigenvalue weighted by Crippen LogP contribution is 2.29. The van der Waals surface area contributed by atoms with Crippen LogP contribution in [0.15, 0.2) is 29.6 Å². The van der Waals surface area contributed by atoms with Gasteiger partial charge in [-0.05, 0) is 38.1 Å². The third-order valence-corrected chi connectivity index (χ3v) is 5.71. The van der Waals surface area contributed by atoms with Crippen LogP contribution in [0.4, 0.5) is 0 Å². The molecule has 2 heterocycles. The minimum absolute atomic E-state index is 0. The Balaban J connectivity index is 0.00000182. The zero-order valence-electron chi connectivity index (χ0n) is 15.0. The summed E-state index contributed by atoms with van der Waals surface area (Å²) in [6.45, 7) is 3.17. The van der Waals surface area contributed by atoms with Gasteiger partial charge in [-0.1, -0.05) is 23.7 Å². The molecule has 0 aliphatic carbocycles. The van der Waals surface area contributed by atoms with Crippen molar-refractivity contribution in [1.82, 2.24) is 15.6 Å². The Kier molecular flexibility index (Phi) is 10.0. The van der Waals surface area contributed by atoms with Crippen LogP contribution in [0.3, 0.4) is 0 Å². The van der Waals surface area contributed by atoms with Gasteiger partial charge < -0.3 is 15.4 Å². The number of ether oxygens (including phenoxy) is 1. The van der Waals surface area contributed by atoms with Crippen LogP contribution in [0.25, 0.3) is 10.6 Å². The number of amides is 1. The molecule has 2 N–H and O–H groups in total. The Morgan fingerprint density at radius 2 is 1.96 bits per heavy atom. The Morgan fingerprint density at radius 3 is 2.59 bits per heavy atom. The normalized spacial score (nSPS) is 15.3. The topological polar surface area (TPSA) is 63.2 Å². The van der Waals surface area contributed by atoms with E-state index in [0.717, 1.165) is 36.5 Å². The van der Waals surface area contributed by atoms with Crippen LogP contribution in [-0.2, 0) is 4.74 Å². The predicted molar refractivity (Wildman–Crippen MR) is 116 cm³/mol. The van der Waals surface area contributed by atoms with E-state index in [9.17, 15) is 4.79 Å². The molecule has 1 saturated heterocycles. The fourth-order valence-corrected chi connectivity index (χ4v) is 4.03. The van der Waals surface area contributed by atoms with Crippen molar-refractivity contribution < 1.29 is 9.53 Å². The van der Waals surface area contributed by atoms with E-state index < -0.39 is 0 Å². The van der Waals surface area contributed by atoms with E-state index in [4.69, 9.17) is 16.3 Å². The summed E-state index contributed by atoms with van der Waals surface area (Å²) in [5, 5.41) is 9.69. The molecule has 1 aromatic heterocycles. The van der Waals surface area contributed by atoms with E-state index in [0.29, 0.717) is 23.9 Å². The van der Waals surface area contributed by atoms with Gasteiger partial charge >= 0.3 is 0 Å². The molecular weight excluding hydrogens is 429 g/mol. The molecule has 150 valence electrons. The van der Waals surface area contributed by atoms with E-state index in [1.807, 2.05) is 24.3 Å². The molecule has 1 aliphatic heterocycles. The quantitative estimate of drug-likeness (QED) is 0.694. The van der Waals surface area contributed by atoms with Crippen molar-refractivity contribution >= 4 is 53.7 Å². The van der Waals surface area contributed by atoms with Crippen molar-refractivity contribution in [1.29, 1.82) is 0 Å². The first-order chi connectivity index (χ1) is 12.1. The minimum atomic E-state index is -0.134. The molecule has 1 aliphatic rings. The van der Waals surface area contributed by atoms with Crippen LogP contribution in [0.1, 0.15) is 23.3 Å². The van der Waals surface area contributed by atoms with Crippen molar-refractivity contribution in [3.8, 4) is 10.6 Å². The third kappa shape index (κ3) is 6.31. The lowest BCUT2D eigenvalue weighted by Crippen LogP contribution is -2.47. The second-order valence-corrected chi connectivity index (χ2v) is 7.71. The number of piperidine rings is 1. The van der Waals surface area contributed by atoms with Crippen molar-refractivity contribution in [3.05, 3.63) is 40.4 Å². The molecule has 2 aromatic rings. The van der Waals surface area contributed by atoms with Gasteiger partial charge in [-0.15, -0.1) is 36.2 Å². The molecular formula is C18H24Cl3N3O2S. The lowest BCUT2D eigenvalue weighted by Gasteiger charge is -2.37. The van der Waals surface area contributed by atoms with Gasteiger partial charge in [0.05, 0.1) is 6.61 Å². The summed E-state index contributed by atoms with van der Waals surface area (Å²) >= 11 is 7.37. The molecule has 3 rings (SSSR count). The van der Waals surface area contributed by atoms with Crippen LogP contribution in [0.5, 0.6) is 0 Å². The van der Waals surface area contributed by atoms with E-state index >= 15 is 0 Å². The number of halogens is 3. The number of hydrogen-bond acceptors (Lipinski definition) is 5.